The van der Waals surface area contributed by atoms with Gasteiger partial charge >= 0.3 is 6.03 Å². The molecule has 5 heteroatoms. The van der Waals surface area contributed by atoms with Crippen molar-refractivity contribution in [2.24, 2.45) is 11.8 Å². The number of carbonyl (C=O) groups excluding carboxylic acids is 1. The first-order valence-electron chi connectivity index (χ1n) is 12.2. The molecule has 1 unspecified atom stereocenters. The number of benzene rings is 2. The third-order valence-corrected chi connectivity index (χ3v) is 7.02. The first-order valence-corrected chi connectivity index (χ1v) is 12.2. The molecule has 4 rings (SSSR count). The summed E-state index contributed by atoms with van der Waals surface area (Å²) in [5.41, 5.74) is 2.21. The average molecular weight is 436 g/mol. The topological polar surface area (TPSA) is 53.6 Å². The van der Waals surface area contributed by atoms with Crippen LogP contribution in [0.25, 0.3) is 0 Å². The van der Waals surface area contributed by atoms with Crippen LogP contribution in [0.1, 0.15) is 44.1 Å². The molecule has 2 N–H and O–H groups in total. The summed E-state index contributed by atoms with van der Waals surface area (Å²) in [6, 6.07) is 18.5. The second kappa shape index (κ2) is 11.4. The van der Waals surface area contributed by atoms with Crippen molar-refractivity contribution in [1.82, 2.24) is 10.2 Å². The largest absolute Gasteiger partial charge is 0.497 e. The first kappa shape index (κ1) is 22.7. The lowest BCUT2D eigenvalue weighted by Gasteiger charge is -2.39. The Morgan fingerprint density at radius 3 is 2.72 bits per heavy atom. The summed E-state index contributed by atoms with van der Waals surface area (Å²) in [6.45, 7) is 3.45. The number of hydrogen-bond donors (Lipinski definition) is 2. The summed E-state index contributed by atoms with van der Waals surface area (Å²) < 4.78 is 5.26. The number of anilines is 1. The molecule has 0 spiro atoms. The normalized spacial score (nSPS) is 24.0. The second-order valence-corrected chi connectivity index (χ2v) is 9.44. The Labute approximate surface area is 192 Å². The molecule has 2 amide bonds. The fourth-order valence-corrected chi connectivity index (χ4v) is 5.42. The van der Waals surface area contributed by atoms with E-state index in [1.165, 1.54) is 57.2 Å². The Hall–Kier alpha value is -2.53. The van der Waals surface area contributed by atoms with Gasteiger partial charge in [-0.15, -0.1) is 0 Å². The Kier molecular flexibility index (Phi) is 8.05. The minimum Gasteiger partial charge on any atom is -0.497 e. The van der Waals surface area contributed by atoms with Gasteiger partial charge < -0.3 is 20.3 Å². The Bertz CT molecular complexity index is 857. The first-order chi connectivity index (χ1) is 15.7. The Morgan fingerprint density at radius 2 is 1.88 bits per heavy atom. The molecule has 1 saturated carbocycles. The van der Waals surface area contributed by atoms with Crippen LogP contribution in [0.2, 0.25) is 0 Å². The maximum absolute atomic E-state index is 12.7. The van der Waals surface area contributed by atoms with Gasteiger partial charge in [-0.2, -0.15) is 0 Å². The third kappa shape index (κ3) is 6.49. The SMILES string of the molecule is COc1cccc(NC(=O)N[C@@H]2CCCC[C@H]2CN2CCCC(Cc3ccccc3)C2)c1. The van der Waals surface area contributed by atoms with Crippen LogP contribution in [0.5, 0.6) is 5.75 Å². The highest BCUT2D eigenvalue weighted by molar-refractivity contribution is 5.89. The van der Waals surface area contributed by atoms with Crippen molar-refractivity contribution in [3.63, 3.8) is 0 Å². The van der Waals surface area contributed by atoms with Crippen LogP contribution < -0.4 is 15.4 Å². The van der Waals surface area contributed by atoms with E-state index in [1.54, 1.807) is 7.11 Å². The predicted molar refractivity (Wildman–Crippen MR) is 130 cm³/mol. The molecule has 1 saturated heterocycles. The van der Waals surface area contributed by atoms with E-state index in [2.05, 4.69) is 45.9 Å². The average Bonchev–Trinajstić information content (AvgIpc) is 2.81. The van der Waals surface area contributed by atoms with Crippen molar-refractivity contribution in [3.8, 4) is 5.75 Å². The Morgan fingerprint density at radius 1 is 1.03 bits per heavy atom. The molecule has 1 aliphatic heterocycles. The number of hydrogen-bond acceptors (Lipinski definition) is 3. The number of urea groups is 1. The van der Waals surface area contributed by atoms with Crippen molar-refractivity contribution < 1.29 is 9.53 Å². The lowest BCUT2D eigenvalue weighted by Crippen LogP contribution is -2.49. The van der Waals surface area contributed by atoms with Gasteiger partial charge in [-0.25, -0.2) is 4.79 Å². The lowest BCUT2D eigenvalue weighted by atomic mass is 9.83. The molecule has 2 aliphatic rings. The van der Waals surface area contributed by atoms with Gasteiger partial charge in [0.25, 0.3) is 0 Å². The molecule has 2 aromatic carbocycles. The smallest absolute Gasteiger partial charge is 0.319 e. The molecule has 1 heterocycles. The molecule has 0 radical (unpaired) electrons. The van der Waals surface area contributed by atoms with Crippen LogP contribution >= 0.6 is 0 Å². The molecule has 2 aromatic rings. The van der Waals surface area contributed by atoms with Crippen molar-refractivity contribution in [2.75, 3.05) is 32.1 Å². The maximum atomic E-state index is 12.7. The van der Waals surface area contributed by atoms with Crippen LogP contribution in [0.15, 0.2) is 54.6 Å². The zero-order valence-corrected chi connectivity index (χ0v) is 19.3. The molecule has 0 aromatic heterocycles. The minimum atomic E-state index is -0.115. The molecule has 1 aliphatic carbocycles. The molecule has 5 nitrogen and oxygen atoms in total. The van der Waals surface area contributed by atoms with Gasteiger partial charge in [0, 0.05) is 30.9 Å². The van der Waals surface area contributed by atoms with Gasteiger partial charge in [0.2, 0.25) is 0 Å². The summed E-state index contributed by atoms with van der Waals surface area (Å²) in [5.74, 6) is 2.00. The van der Waals surface area contributed by atoms with Gasteiger partial charge in [-0.05, 0) is 68.2 Å². The van der Waals surface area contributed by atoms with Gasteiger partial charge in [0.15, 0.2) is 0 Å². The van der Waals surface area contributed by atoms with E-state index >= 15 is 0 Å². The van der Waals surface area contributed by atoms with Crippen LogP contribution in [0, 0.1) is 11.8 Å². The van der Waals surface area contributed by atoms with E-state index < -0.39 is 0 Å². The number of ether oxygens (including phenoxy) is 1. The summed E-state index contributed by atoms with van der Waals surface area (Å²) in [5, 5.41) is 6.26. The van der Waals surface area contributed by atoms with Crippen molar-refractivity contribution in [2.45, 2.75) is 51.0 Å². The standard InChI is InChI=1S/C27H37N3O2/c1-32-25-14-7-13-24(18-25)28-27(31)29-26-15-6-5-12-23(26)20-30-16-8-11-22(19-30)17-21-9-3-2-4-10-21/h2-4,7,9-10,13-14,18,22-23,26H,5-6,8,11-12,15-17,19-20H2,1H3,(H2,28,29,31)/t22?,23-,26+/m0/s1. The predicted octanol–water partition coefficient (Wildman–Crippen LogP) is 5.33. The van der Waals surface area contributed by atoms with Crippen LogP contribution in [-0.4, -0.2) is 43.7 Å². The van der Waals surface area contributed by atoms with Crippen molar-refractivity contribution >= 4 is 11.7 Å². The fraction of sp³-hybridized carbons (Fsp3) is 0.519. The number of nitrogens with one attached hydrogen (secondary N) is 2. The molecule has 172 valence electrons. The lowest BCUT2D eigenvalue weighted by molar-refractivity contribution is 0.123. The molecular weight excluding hydrogens is 398 g/mol. The quantitative estimate of drug-likeness (QED) is 0.618. The number of likely N-dealkylation sites (tertiary alicyclic amines) is 1. The van der Waals surface area contributed by atoms with Crippen LogP contribution in [0.3, 0.4) is 0 Å². The number of nitrogens with zero attached hydrogens (tertiary/aromatic N) is 1. The minimum absolute atomic E-state index is 0.115. The van der Waals surface area contributed by atoms with Crippen molar-refractivity contribution in [1.29, 1.82) is 0 Å². The molecule has 3 atom stereocenters. The van der Waals surface area contributed by atoms with Crippen molar-refractivity contribution in [3.05, 3.63) is 60.2 Å². The van der Waals surface area contributed by atoms with Gasteiger partial charge in [-0.3, -0.25) is 0 Å². The van der Waals surface area contributed by atoms with E-state index in [0.29, 0.717) is 5.92 Å². The summed E-state index contributed by atoms with van der Waals surface area (Å²) in [6.07, 6.45) is 8.49. The number of carbonyl (C=O) groups is 1. The van der Waals surface area contributed by atoms with Crippen LogP contribution in [-0.2, 0) is 6.42 Å². The molecular formula is C27H37N3O2. The van der Waals surface area contributed by atoms with E-state index in [4.69, 9.17) is 4.74 Å². The fourth-order valence-electron chi connectivity index (χ4n) is 5.42. The van der Waals surface area contributed by atoms with Gasteiger partial charge in [0.1, 0.15) is 5.75 Å². The summed E-state index contributed by atoms with van der Waals surface area (Å²) in [7, 11) is 1.64. The van der Waals surface area contributed by atoms with Crippen LogP contribution in [0.4, 0.5) is 10.5 Å². The summed E-state index contributed by atoms with van der Waals surface area (Å²) >= 11 is 0. The van der Waals surface area contributed by atoms with E-state index in [-0.39, 0.29) is 12.1 Å². The second-order valence-electron chi connectivity index (χ2n) is 9.44. The number of amides is 2. The molecule has 2 fully saturated rings. The highest BCUT2D eigenvalue weighted by Crippen LogP contribution is 2.28. The number of piperidine rings is 1. The van der Waals surface area contributed by atoms with Gasteiger partial charge in [-0.1, -0.05) is 49.2 Å². The number of methoxy groups -OCH3 is 1. The van der Waals surface area contributed by atoms with Gasteiger partial charge in [0.05, 0.1) is 7.11 Å². The maximum Gasteiger partial charge on any atom is 0.319 e. The zero-order valence-electron chi connectivity index (χ0n) is 19.3. The highest BCUT2D eigenvalue weighted by Gasteiger charge is 2.30. The zero-order chi connectivity index (χ0) is 22.2. The van der Waals surface area contributed by atoms with E-state index in [0.717, 1.165) is 30.3 Å². The number of rotatable bonds is 7. The summed E-state index contributed by atoms with van der Waals surface area (Å²) in [4.78, 5) is 15.4. The van der Waals surface area contributed by atoms with E-state index in [1.807, 2.05) is 24.3 Å². The highest BCUT2D eigenvalue weighted by atomic mass is 16.5. The molecule has 0 bridgehead atoms. The monoisotopic (exact) mass is 435 g/mol. The third-order valence-electron chi connectivity index (χ3n) is 7.02. The molecule has 32 heavy (non-hydrogen) atoms. The Balaban J connectivity index is 1.30. The van der Waals surface area contributed by atoms with E-state index in [9.17, 15) is 4.79 Å².